The summed E-state index contributed by atoms with van der Waals surface area (Å²) in [5.41, 5.74) is 2.22. The molecule has 0 fully saturated rings. The summed E-state index contributed by atoms with van der Waals surface area (Å²) in [5.74, 6) is 2.98. The molecule has 0 N–H and O–H groups in total. The molecule has 134 valence electrons. The first-order valence-electron chi connectivity index (χ1n) is 9.21. The van der Waals surface area contributed by atoms with Crippen molar-refractivity contribution in [2.75, 3.05) is 11.4 Å². The molecule has 0 spiro atoms. The summed E-state index contributed by atoms with van der Waals surface area (Å²) in [6.07, 6.45) is 4.45. The van der Waals surface area contributed by atoms with Crippen molar-refractivity contribution >= 4 is 16.7 Å². The van der Waals surface area contributed by atoms with Crippen molar-refractivity contribution in [2.45, 2.75) is 25.9 Å². The van der Waals surface area contributed by atoms with E-state index in [1.807, 2.05) is 30.6 Å². The summed E-state index contributed by atoms with van der Waals surface area (Å²) >= 11 is 0. The Kier molecular flexibility index (Phi) is 3.81. The first-order chi connectivity index (χ1) is 13.3. The minimum absolute atomic E-state index is 0.274. The van der Waals surface area contributed by atoms with Crippen LogP contribution in [0.25, 0.3) is 10.9 Å². The van der Waals surface area contributed by atoms with Gasteiger partial charge in [0.1, 0.15) is 11.6 Å². The summed E-state index contributed by atoms with van der Waals surface area (Å²) in [5, 5.41) is 10.0. The van der Waals surface area contributed by atoms with Crippen molar-refractivity contribution in [1.29, 1.82) is 0 Å². The summed E-state index contributed by atoms with van der Waals surface area (Å²) < 4.78 is 2.28. The van der Waals surface area contributed by atoms with Crippen LogP contribution in [0.2, 0.25) is 0 Å². The molecule has 1 aliphatic rings. The van der Waals surface area contributed by atoms with Gasteiger partial charge in [-0.15, -0.1) is 10.2 Å². The molecule has 0 radical (unpaired) electrons. The van der Waals surface area contributed by atoms with Crippen LogP contribution in [0, 0.1) is 0 Å². The van der Waals surface area contributed by atoms with E-state index in [1.54, 1.807) is 0 Å². The van der Waals surface area contributed by atoms with Gasteiger partial charge in [0, 0.05) is 30.7 Å². The second-order valence-corrected chi connectivity index (χ2v) is 7.00. The quantitative estimate of drug-likeness (QED) is 0.563. The highest BCUT2D eigenvalue weighted by molar-refractivity contribution is 5.89. The Morgan fingerprint density at radius 3 is 2.74 bits per heavy atom. The van der Waals surface area contributed by atoms with Gasteiger partial charge in [-0.05, 0) is 30.7 Å². The molecular weight excluding hydrogens is 336 g/mol. The molecule has 27 heavy (non-hydrogen) atoms. The van der Waals surface area contributed by atoms with Crippen LogP contribution in [0.15, 0.2) is 60.9 Å². The Labute approximate surface area is 157 Å². The maximum Gasteiger partial charge on any atom is 0.152 e. The van der Waals surface area contributed by atoms with Gasteiger partial charge < -0.3 is 9.47 Å². The molecule has 0 aliphatic carbocycles. The Hall–Kier alpha value is -3.28. The van der Waals surface area contributed by atoms with Gasteiger partial charge in [-0.3, -0.25) is 4.98 Å². The van der Waals surface area contributed by atoms with Gasteiger partial charge in [0.15, 0.2) is 5.82 Å². The monoisotopic (exact) mass is 356 g/mol. The number of anilines is 1. The van der Waals surface area contributed by atoms with E-state index in [-0.39, 0.29) is 6.04 Å². The van der Waals surface area contributed by atoms with Gasteiger partial charge in [0.05, 0.1) is 18.1 Å². The molecule has 0 unspecified atom stereocenters. The van der Waals surface area contributed by atoms with E-state index in [4.69, 9.17) is 0 Å². The predicted octanol–water partition coefficient (Wildman–Crippen LogP) is 3.39. The molecule has 0 saturated heterocycles. The molecule has 0 bridgehead atoms. The summed E-state index contributed by atoms with van der Waals surface area (Å²) in [7, 11) is 0. The molecule has 6 heteroatoms. The number of nitrogens with zero attached hydrogens (tertiary/aromatic N) is 6. The van der Waals surface area contributed by atoms with Crippen LogP contribution in [0.5, 0.6) is 0 Å². The number of fused-ring (bicyclic) bond motifs is 2. The van der Waals surface area contributed by atoms with Crippen molar-refractivity contribution in [2.24, 2.45) is 0 Å². The molecule has 0 amide bonds. The fraction of sp³-hybridized carbons (Fsp3) is 0.238. The highest BCUT2D eigenvalue weighted by atomic mass is 15.4. The maximum absolute atomic E-state index is 4.64. The van der Waals surface area contributed by atoms with Crippen LogP contribution in [0.3, 0.4) is 0 Å². The molecule has 6 nitrogen and oxygen atoms in total. The SMILES string of the molecule is C[C@H]1CN(c2nccc3ncccc23)Cc2nnc(Cc3ccccc3)n21. The minimum Gasteiger partial charge on any atom is -0.346 e. The standard InChI is InChI=1S/C21H20N6/c1-15-13-26(21-17-8-5-10-22-18(17)9-11-23-21)14-20-25-24-19(27(15)20)12-16-6-3-2-4-7-16/h2-11,15H,12-14H2,1H3/t15-/m0/s1. The zero-order valence-corrected chi connectivity index (χ0v) is 15.2. The molecule has 1 aromatic carbocycles. The largest absolute Gasteiger partial charge is 0.346 e. The third-order valence-electron chi connectivity index (χ3n) is 5.11. The van der Waals surface area contributed by atoms with E-state index in [0.29, 0.717) is 6.54 Å². The lowest BCUT2D eigenvalue weighted by Gasteiger charge is -2.33. The van der Waals surface area contributed by atoms with Gasteiger partial charge >= 0.3 is 0 Å². The summed E-state index contributed by atoms with van der Waals surface area (Å²) in [6.45, 7) is 3.79. The Bertz CT molecular complexity index is 1080. The van der Waals surface area contributed by atoms with E-state index in [9.17, 15) is 0 Å². The van der Waals surface area contributed by atoms with E-state index >= 15 is 0 Å². The van der Waals surface area contributed by atoms with Gasteiger partial charge in [-0.2, -0.15) is 0 Å². The maximum atomic E-state index is 4.64. The van der Waals surface area contributed by atoms with Crippen LogP contribution in [-0.4, -0.2) is 31.3 Å². The normalized spacial score (nSPS) is 16.5. The van der Waals surface area contributed by atoms with Crippen molar-refractivity contribution in [3.05, 3.63) is 78.1 Å². The smallest absolute Gasteiger partial charge is 0.152 e. The molecule has 4 aromatic rings. The van der Waals surface area contributed by atoms with E-state index in [1.165, 1.54) is 5.56 Å². The number of pyridine rings is 2. The molecular formula is C21H20N6. The summed E-state index contributed by atoms with van der Waals surface area (Å²) in [4.78, 5) is 11.4. The first kappa shape index (κ1) is 15.9. The van der Waals surface area contributed by atoms with Gasteiger partial charge in [0.2, 0.25) is 0 Å². The lowest BCUT2D eigenvalue weighted by Crippen LogP contribution is -2.37. The van der Waals surface area contributed by atoms with Crippen molar-refractivity contribution in [3.63, 3.8) is 0 Å². The summed E-state index contributed by atoms with van der Waals surface area (Å²) in [6, 6.07) is 16.7. The van der Waals surface area contributed by atoms with Crippen LogP contribution in [0.4, 0.5) is 5.82 Å². The van der Waals surface area contributed by atoms with E-state index in [2.05, 4.69) is 66.9 Å². The van der Waals surface area contributed by atoms with E-state index in [0.717, 1.165) is 41.3 Å². The molecule has 0 saturated carbocycles. The molecule has 1 atom stereocenters. The molecule has 1 aliphatic heterocycles. The second-order valence-electron chi connectivity index (χ2n) is 7.00. The van der Waals surface area contributed by atoms with Crippen LogP contribution in [-0.2, 0) is 13.0 Å². The fourth-order valence-corrected chi connectivity index (χ4v) is 3.91. The number of hydrogen-bond acceptors (Lipinski definition) is 5. The Balaban J connectivity index is 1.48. The first-order valence-corrected chi connectivity index (χ1v) is 9.21. The van der Waals surface area contributed by atoms with Gasteiger partial charge in [-0.1, -0.05) is 30.3 Å². The third kappa shape index (κ3) is 2.83. The van der Waals surface area contributed by atoms with Crippen LogP contribution >= 0.6 is 0 Å². The van der Waals surface area contributed by atoms with Crippen molar-refractivity contribution in [1.82, 2.24) is 24.7 Å². The number of aromatic nitrogens is 5. The predicted molar refractivity (Wildman–Crippen MR) is 105 cm³/mol. The lowest BCUT2D eigenvalue weighted by molar-refractivity contribution is 0.450. The Morgan fingerprint density at radius 1 is 0.963 bits per heavy atom. The van der Waals surface area contributed by atoms with Crippen LogP contribution < -0.4 is 4.90 Å². The number of benzene rings is 1. The molecule has 5 rings (SSSR count). The number of hydrogen-bond donors (Lipinski definition) is 0. The Morgan fingerprint density at radius 2 is 1.85 bits per heavy atom. The zero-order chi connectivity index (χ0) is 18.2. The van der Waals surface area contributed by atoms with Crippen LogP contribution in [0.1, 0.15) is 30.2 Å². The topological polar surface area (TPSA) is 59.7 Å². The average molecular weight is 356 g/mol. The second kappa shape index (κ2) is 6.46. The zero-order valence-electron chi connectivity index (χ0n) is 15.2. The van der Waals surface area contributed by atoms with Crippen molar-refractivity contribution < 1.29 is 0 Å². The third-order valence-corrected chi connectivity index (χ3v) is 5.11. The molecule has 4 heterocycles. The fourth-order valence-electron chi connectivity index (χ4n) is 3.91. The highest BCUT2D eigenvalue weighted by Crippen LogP contribution is 2.30. The van der Waals surface area contributed by atoms with Crippen molar-refractivity contribution in [3.8, 4) is 0 Å². The van der Waals surface area contributed by atoms with Gasteiger partial charge in [-0.25, -0.2) is 4.98 Å². The highest BCUT2D eigenvalue weighted by Gasteiger charge is 2.28. The van der Waals surface area contributed by atoms with Gasteiger partial charge in [0.25, 0.3) is 0 Å². The van der Waals surface area contributed by atoms with E-state index < -0.39 is 0 Å². The number of rotatable bonds is 3. The minimum atomic E-state index is 0.274. The molecule has 3 aromatic heterocycles. The lowest BCUT2D eigenvalue weighted by atomic mass is 10.1. The average Bonchev–Trinajstić information content (AvgIpc) is 3.11.